The largest absolute Gasteiger partial charge is 0.246 e. The minimum Gasteiger partial charge on any atom is -0.246 e. The molecule has 0 radical (unpaired) electrons. The summed E-state index contributed by atoms with van der Waals surface area (Å²) in [4.78, 5) is 6.27. The molecule has 3 heterocycles. The Morgan fingerprint density at radius 1 is 1.09 bits per heavy atom. The van der Waals surface area contributed by atoms with Crippen molar-refractivity contribution in [2.24, 2.45) is 0 Å². The van der Waals surface area contributed by atoms with Crippen molar-refractivity contribution < 1.29 is 4.39 Å². The zero-order chi connectivity index (χ0) is 16.0. The molecule has 3 aromatic heterocycles. The minimum absolute atomic E-state index is 0.243. The Labute approximate surface area is 139 Å². The van der Waals surface area contributed by atoms with E-state index < -0.39 is 0 Å². The average Bonchev–Trinajstić information content (AvgIpc) is 3.17. The number of rotatable bonds is 3. The van der Waals surface area contributed by atoms with Crippen LogP contribution in [0.4, 0.5) is 4.39 Å². The van der Waals surface area contributed by atoms with Crippen molar-refractivity contribution in [3.63, 3.8) is 0 Å². The maximum Gasteiger partial charge on any atom is 0.235 e. The number of thiazole rings is 1. The fraction of sp³-hybridized carbons (Fsp3) is 0.200. The Morgan fingerprint density at radius 2 is 1.87 bits per heavy atom. The number of fused-ring (bicyclic) bond motifs is 1. The number of halogens is 1. The van der Waals surface area contributed by atoms with Crippen LogP contribution in [0.3, 0.4) is 0 Å². The summed E-state index contributed by atoms with van der Waals surface area (Å²) in [6.45, 7) is 3.97. The molecule has 23 heavy (non-hydrogen) atoms. The first-order valence-electron chi connectivity index (χ1n) is 7.00. The number of benzene rings is 1. The first kappa shape index (κ1) is 14.4. The van der Waals surface area contributed by atoms with Gasteiger partial charge in [0.1, 0.15) is 5.82 Å². The normalized spacial score (nSPS) is 11.4. The van der Waals surface area contributed by atoms with Crippen LogP contribution in [0.25, 0.3) is 14.8 Å². The lowest BCUT2D eigenvalue weighted by molar-refractivity contribution is 0.627. The minimum atomic E-state index is -0.243. The van der Waals surface area contributed by atoms with E-state index in [-0.39, 0.29) is 5.82 Å². The maximum absolute atomic E-state index is 13.0. The molecule has 5 nitrogen and oxygen atoms in total. The topological polar surface area (TPSA) is 56.0 Å². The van der Waals surface area contributed by atoms with Crippen LogP contribution in [0.1, 0.15) is 22.1 Å². The van der Waals surface area contributed by atoms with E-state index in [0.717, 1.165) is 36.9 Å². The number of aromatic nitrogens is 5. The fourth-order valence-electron chi connectivity index (χ4n) is 2.37. The van der Waals surface area contributed by atoms with Crippen molar-refractivity contribution in [1.29, 1.82) is 0 Å². The standard InChI is InChI=1S/C15H12FN5S2/c1-8-13(22-9(2)17-8)14-20-21-12(18-19-15(21)23-14)7-10-3-5-11(16)6-4-10/h3-6H,7H2,1-2H3. The van der Waals surface area contributed by atoms with Gasteiger partial charge in [-0.15, -0.1) is 21.5 Å². The summed E-state index contributed by atoms with van der Waals surface area (Å²) in [5.74, 6) is 0.500. The third-order valence-corrected chi connectivity index (χ3v) is 5.55. The summed E-state index contributed by atoms with van der Waals surface area (Å²) in [5, 5.41) is 14.9. The van der Waals surface area contributed by atoms with E-state index in [1.807, 2.05) is 13.8 Å². The smallest absolute Gasteiger partial charge is 0.235 e. The lowest BCUT2D eigenvalue weighted by Crippen LogP contribution is -1.97. The molecule has 0 spiro atoms. The molecule has 0 atom stereocenters. The molecule has 0 saturated carbocycles. The third-order valence-electron chi connectivity index (χ3n) is 3.43. The van der Waals surface area contributed by atoms with Crippen LogP contribution < -0.4 is 0 Å². The number of nitrogens with zero attached hydrogens (tertiary/aromatic N) is 5. The summed E-state index contributed by atoms with van der Waals surface area (Å²) < 4.78 is 14.8. The Bertz CT molecular complexity index is 983. The summed E-state index contributed by atoms with van der Waals surface area (Å²) in [6.07, 6.45) is 0.561. The monoisotopic (exact) mass is 345 g/mol. The number of hydrogen-bond donors (Lipinski definition) is 0. The van der Waals surface area contributed by atoms with Gasteiger partial charge >= 0.3 is 0 Å². The van der Waals surface area contributed by atoms with Crippen molar-refractivity contribution in [3.8, 4) is 9.88 Å². The van der Waals surface area contributed by atoms with Crippen molar-refractivity contribution in [2.75, 3.05) is 0 Å². The molecule has 0 N–H and O–H groups in total. The Balaban J connectivity index is 1.72. The molecule has 0 amide bonds. The van der Waals surface area contributed by atoms with Crippen molar-refractivity contribution >= 4 is 27.6 Å². The van der Waals surface area contributed by atoms with Gasteiger partial charge in [-0.2, -0.15) is 9.61 Å². The highest BCUT2D eigenvalue weighted by Gasteiger charge is 2.16. The van der Waals surface area contributed by atoms with Crippen molar-refractivity contribution in [1.82, 2.24) is 24.8 Å². The van der Waals surface area contributed by atoms with Crippen LogP contribution in [0.2, 0.25) is 0 Å². The predicted octanol–water partition coefficient (Wildman–Crippen LogP) is 3.66. The van der Waals surface area contributed by atoms with Gasteiger partial charge in [-0.05, 0) is 31.5 Å². The lowest BCUT2D eigenvalue weighted by atomic mass is 10.1. The van der Waals surface area contributed by atoms with Gasteiger partial charge in [0, 0.05) is 6.42 Å². The number of aryl methyl sites for hydroxylation is 2. The lowest BCUT2D eigenvalue weighted by Gasteiger charge is -1.98. The Hall–Kier alpha value is -2.19. The SMILES string of the molecule is Cc1nc(C)c(-c2nn3c(Cc4ccc(F)cc4)nnc3s2)s1. The second-order valence-corrected chi connectivity index (χ2v) is 7.33. The number of hydrogen-bond acceptors (Lipinski definition) is 6. The van der Waals surface area contributed by atoms with Gasteiger partial charge in [0.25, 0.3) is 0 Å². The van der Waals surface area contributed by atoms with E-state index in [0.29, 0.717) is 6.42 Å². The van der Waals surface area contributed by atoms with Gasteiger partial charge in [-0.1, -0.05) is 23.5 Å². The van der Waals surface area contributed by atoms with E-state index in [9.17, 15) is 4.39 Å². The maximum atomic E-state index is 13.0. The highest BCUT2D eigenvalue weighted by molar-refractivity contribution is 7.24. The third kappa shape index (κ3) is 2.64. The van der Waals surface area contributed by atoms with Gasteiger partial charge in [0.15, 0.2) is 10.8 Å². The predicted molar refractivity (Wildman–Crippen MR) is 88.4 cm³/mol. The molecule has 0 aliphatic heterocycles. The quantitative estimate of drug-likeness (QED) is 0.569. The van der Waals surface area contributed by atoms with Gasteiger partial charge < -0.3 is 0 Å². The van der Waals surface area contributed by atoms with Crippen LogP contribution in [-0.4, -0.2) is 24.8 Å². The fourth-order valence-corrected chi connectivity index (χ4v) is 4.27. The summed E-state index contributed by atoms with van der Waals surface area (Å²) in [5.41, 5.74) is 1.96. The van der Waals surface area contributed by atoms with E-state index in [1.165, 1.54) is 23.5 Å². The van der Waals surface area contributed by atoms with Crippen molar-refractivity contribution in [3.05, 3.63) is 52.2 Å². The molecule has 0 unspecified atom stereocenters. The second-order valence-electron chi connectivity index (χ2n) is 5.17. The molecular formula is C15H12FN5S2. The van der Waals surface area contributed by atoms with Gasteiger partial charge in [-0.25, -0.2) is 9.37 Å². The molecule has 8 heteroatoms. The highest BCUT2D eigenvalue weighted by Crippen LogP contribution is 2.33. The van der Waals surface area contributed by atoms with Crippen LogP contribution in [0.15, 0.2) is 24.3 Å². The average molecular weight is 345 g/mol. The Morgan fingerprint density at radius 3 is 2.57 bits per heavy atom. The highest BCUT2D eigenvalue weighted by atomic mass is 32.1. The van der Waals surface area contributed by atoms with Crippen molar-refractivity contribution in [2.45, 2.75) is 20.3 Å². The molecule has 0 fully saturated rings. The molecule has 4 aromatic rings. The zero-order valence-corrected chi connectivity index (χ0v) is 14.1. The zero-order valence-electron chi connectivity index (χ0n) is 12.4. The first-order chi connectivity index (χ1) is 11.1. The molecule has 0 bridgehead atoms. The van der Waals surface area contributed by atoms with E-state index in [1.54, 1.807) is 28.0 Å². The molecule has 116 valence electrons. The van der Waals surface area contributed by atoms with Crippen LogP contribution in [0.5, 0.6) is 0 Å². The molecular weight excluding hydrogens is 333 g/mol. The van der Waals surface area contributed by atoms with Crippen LogP contribution in [-0.2, 0) is 6.42 Å². The van der Waals surface area contributed by atoms with E-state index in [2.05, 4.69) is 20.3 Å². The summed E-state index contributed by atoms with van der Waals surface area (Å²) in [7, 11) is 0. The summed E-state index contributed by atoms with van der Waals surface area (Å²) in [6, 6.07) is 6.40. The van der Waals surface area contributed by atoms with Crippen LogP contribution >= 0.6 is 22.7 Å². The first-order valence-corrected chi connectivity index (χ1v) is 8.63. The molecule has 0 aliphatic carbocycles. The molecule has 4 rings (SSSR count). The Kier molecular flexibility index (Phi) is 3.42. The molecule has 0 saturated heterocycles. The van der Waals surface area contributed by atoms with Gasteiger partial charge in [-0.3, -0.25) is 0 Å². The van der Waals surface area contributed by atoms with Gasteiger partial charge in [0.05, 0.1) is 15.6 Å². The second kappa shape index (κ2) is 5.47. The van der Waals surface area contributed by atoms with Crippen LogP contribution in [0, 0.1) is 19.7 Å². The van der Waals surface area contributed by atoms with E-state index >= 15 is 0 Å². The molecule has 1 aromatic carbocycles. The molecule has 0 aliphatic rings. The van der Waals surface area contributed by atoms with Gasteiger partial charge in [0.2, 0.25) is 4.96 Å². The van der Waals surface area contributed by atoms with E-state index in [4.69, 9.17) is 0 Å². The summed E-state index contributed by atoms with van der Waals surface area (Å²) >= 11 is 3.13.